The van der Waals surface area contributed by atoms with Gasteiger partial charge >= 0.3 is 11.9 Å². The Morgan fingerprint density at radius 1 is 1.00 bits per heavy atom. The Bertz CT molecular complexity index is 334. The molecule has 0 aliphatic rings. The molecule has 0 aromatic carbocycles. The molecule has 96 valence electrons. The third-order valence-electron chi connectivity index (χ3n) is 2.05. The minimum atomic E-state index is -0.490. The van der Waals surface area contributed by atoms with Crippen molar-refractivity contribution in [2.75, 3.05) is 13.2 Å². The summed E-state index contributed by atoms with van der Waals surface area (Å²) in [6.45, 7) is 14.3. The molecular formula is C13H20O4. The molecule has 0 unspecified atom stereocenters. The Hall–Kier alpha value is -1.58. The Morgan fingerprint density at radius 3 is 1.76 bits per heavy atom. The lowest BCUT2D eigenvalue weighted by atomic mass is 9.88. The molecule has 4 nitrogen and oxygen atoms in total. The van der Waals surface area contributed by atoms with Crippen molar-refractivity contribution in [3.63, 3.8) is 0 Å². The van der Waals surface area contributed by atoms with Crippen LogP contribution >= 0.6 is 0 Å². The Labute approximate surface area is 102 Å². The largest absolute Gasteiger partial charge is 0.459 e. The van der Waals surface area contributed by atoms with Crippen LogP contribution in [0.25, 0.3) is 0 Å². The fraction of sp³-hybridized carbons (Fsp3) is 0.538. The summed E-state index contributed by atoms with van der Waals surface area (Å²) in [7, 11) is 0. The molecule has 0 amide bonds. The average Bonchev–Trinajstić information content (AvgIpc) is 2.20. The number of hydrogen-bond acceptors (Lipinski definition) is 4. The molecule has 0 saturated heterocycles. The summed E-state index contributed by atoms with van der Waals surface area (Å²) < 4.78 is 9.69. The van der Waals surface area contributed by atoms with Crippen molar-refractivity contribution in [1.82, 2.24) is 0 Å². The predicted octanol–water partition coefficient (Wildman–Crippen LogP) is 2.25. The van der Waals surface area contributed by atoms with Gasteiger partial charge < -0.3 is 9.47 Å². The van der Waals surface area contributed by atoms with Crippen molar-refractivity contribution >= 4 is 11.9 Å². The fourth-order valence-corrected chi connectivity index (χ4v) is 0.785. The molecule has 17 heavy (non-hydrogen) atoms. The van der Waals surface area contributed by atoms with Gasteiger partial charge in [0.05, 0.1) is 0 Å². The number of hydrogen-bond donors (Lipinski definition) is 0. The standard InChI is InChI=1S/C13H20O4/c1-9(2)11(14)16-7-8-17-12(15)10(3)13(4,5)6/h1,3,7-8H2,2,4-6H3. The first-order valence-corrected chi connectivity index (χ1v) is 5.35. The van der Waals surface area contributed by atoms with Gasteiger partial charge in [0.25, 0.3) is 0 Å². The van der Waals surface area contributed by atoms with E-state index in [0.717, 1.165) is 0 Å². The van der Waals surface area contributed by atoms with Gasteiger partial charge in [0, 0.05) is 11.1 Å². The SMILES string of the molecule is C=C(C)C(=O)OCCOC(=O)C(=C)C(C)(C)C. The van der Waals surface area contributed by atoms with Crippen molar-refractivity contribution in [3.8, 4) is 0 Å². The lowest BCUT2D eigenvalue weighted by Crippen LogP contribution is -2.21. The first-order valence-electron chi connectivity index (χ1n) is 5.35. The Kier molecular flexibility index (Phi) is 5.65. The molecule has 4 heteroatoms. The maximum Gasteiger partial charge on any atom is 0.334 e. The molecule has 0 N–H and O–H groups in total. The first-order chi connectivity index (χ1) is 7.66. The predicted molar refractivity (Wildman–Crippen MR) is 65.3 cm³/mol. The molecule has 0 heterocycles. The molecule has 0 aliphatic carbocycles. The van der Waals surface area contributed by atoms with Crippen LogP contribution in [0.1, 0.15) is 27.7 Å². The van der Waals surface area contributed by atoms with Gasteiger partial charge in [-0.3, -0.25) is 0 Å². The van der Waals surface area contributed by atoms with Gasteiger partial charge in [-0.1, -0.05) is 33.9 Å². The third kappa shape index (κ3) is 5.90. The second kappa shape index (κ2) is 6.23. The van der Waals surface area contributed by atoms with Gasteiger partial charge in [0.15, 0.2) is 0 Å². The average molecular weight is 240 g/mol. The van der Waals surface area contributed by atoms with E-state index in [4.69, 9.17) is 9.47 Å². The molecule has 0 aromatic heterocycles. The number of ether oxygens (including phenoxy) is 2. The highest BCUT2D eigenvalue weighted by molar-refractivity contribution is 5.89. The second-order valence-corrected chi connectivity index (χ2v) is 4.78. The summed E-state index contributed by atoms with van der Waals surface area (Å²) in [5.74, 6) is -0.959. The summed E-state index contributed by atoms with van der Waals surface area (Å²) in [6.07, 6.45) is 0. The summed E-state index contributed by atoms with van der Waals surface area (Å²) in [5, 5.41) is 0. The van der Waals surface area contributed by atoms with Gasteiger partial charge in [-0.2, -0.15) is 0 Å². The zero-order valence-corrected chi connectivity index (χ0v) is 11.0. The normalized spacial score (nSPS) is 10.6. The van der Waals surface area contributed by atoms with Crippen molar-refractivity contribution in [2.45, 2.75) is 27.7 Å². The van der Waals surface area contributed by atoms with Crippen LogP contribution in [0.5, 0.6) is 0 Å². The molecule has 0 atom stereocenters. The molecule has 0 rings (SSSR count). The van der Waals surface area contributed by atoms with E-state index < -0.39 is 11.9 Å². The van der Waals surface area contributed by atoms with Crippen LogP contribution < -0.4 is 0 Å². The molecule has 0 bridgehead atoms. The van der Waals surface area contributed by atoms with E-state index in [1.165, 1.54) is 0 Å². The molecule has 0 spiro atoms. The van der Waals surface area contributed by atoms with E-state index in [9.17, 15) is 9.59 Å². The Morgan fingerprint density at radius 2 is 1.41 bits per heavy atom. The van der Waals surface area contributed by atoms with Crippen molar-refractivity contribution in [3.05, 3.63) is 24.3 Å². The van der Waals surface area contributed by atoms with E-state index in [1.807, 2.05) is 20.8 Å². The minimum absolute atomic E-state index is 0.0208. The van der Waals surface area contributed by atoms with Crippen molar-refractivity contribution in [2.24, 2.45) is 5.41 Å². The zero-order valence-electron chi connectivity index (χ0n) is 11.0. The van der Waals surface area contributed by atoms with Crippen LogP contribution in [-0.2, 0) is 19.1 Å². The van der Waals surface area contributed by atoms with Gasteiger partial charge in [-0.15, -0.1) is 0 Å². The molecule has 0 aromatic rings. The molecule has 0 radical (unpaired) electrons. The lowest BCUT2D eigenvalue weighted by molar-refractivity contribution is -0.147. The molecule has 0 saturated carbocycles. The van der Waals surface area contributed by atoms with Crippen LogP contribution in [-0.4, -0.2) is 25.2 Å². The van der Waals surface area contributed by atoms with E-state index in [1.54, 1.807) is 6.92 Å². The summed E-state index contributed by atoms with van der Waals surface area (Å²) in [4.78, 5) is 22.5. The van der Waals surface area contributed by atoms with Crippen LogP contribution in [0.15, 0.2) is 24.3 Å². The van der Waals surface area contributed by atoms with Crippen LogP contribution in [0.3, 0.4) is 0 Å². The van der Waals surface area contributed by atoms with E-state index in [0.29, 0.717) is 11.1 Å². The quantitative estimate of drug-likeness (QED) is 0.420. The monoisotopic (exact) mass is 240 g/mol. The van der Waals surface area contributed by atoms with E-state index in [-0.39, 0.29) is 18.6 Å². The van der Waals surface area contributed by atoms with Crippen LogP contribution in [0.2, 0.25) is 0 Å². The van der Waals surface area contributed by atoms with Crippen molar-refractivity contribution < 1.29 is 19.1 Å². The highest BCUT2D eigenvalue weighted by Gasteiger charge is 2.22. The van der Waals surface area contributed by atoms with E-state index in [2.05, 4.69) is 13.2 Å². The molecule has 0 fully saturated rings. The highest BCUT2D eigenvalue weighted by Crippen LogP contribution is 2.24. The second-order valence-electron chi connectivity index (χ2n) is 4.78. The smallest absolute Gasteiger partial charge is 0.334 e. The summed E-state index contributed by atoms with van der Waals surface area (Å²) >= 11 is 0. The van der Waals surface area contributed by atoms with Gasteiger partial charge in [0.2, 0.25) is 0 Å². The first kappa shape index (κ1) is 15.4. The zero-order chi connectivity index (χ0) is 13.6. The minimum Gasteiger partial charge on any atom is -0.459 e. The number of carbonyl (C=O) groups excluding carboxylic acids is 2. The van der Waals surface area contributed by atoms with Gasteiger partial charge in [-0.25, -0.2) is 9.59 Å². The fourth-order valence-electron chi connectivity index (χ4n) is 0.785. The summed E-state index contributed by atoms with van der Waals surface area (Å²) in [6, 6.07) is 0. The number of esters is 2. The highest BCUT2D eigenvalue weighted by atomic mass is 16.6. The topological polar surface area (TPSA) is 52.6 Å². The maximum atomic E-state index is 11.5. The third-order valence-corrected chi connectivity index (χ3v) is 2.05. The van der Waals surface area contributed by atoms with Gasteiger partial charge in [-0.05, 0) is 12.3 Å². The maximum absolute atomic E-state index is 11.5. The van der Waals surface area contributed by atoms with Gasteiger partial charge in [0.1, 0.15) is 13.2 Å². The molecular weight excluding hydrogens is 220 g/mol. The summed E-state index contributed by atoms with van der Waals surface area (Å²) in [5.41, 5.74) is 0.380. The van der Waals surface area contributed by atoms with Crippen LogP contribution in [0, 0.1) is 5.41 Å². The lowest BCUT2D eigenvalue weighted by Gasteiger charge is -2.19. The molecule has 0 aliphatic heterocycles. The van der Waals surface area contributed by atoms with E-state index >= 15 is 0 Å². The van der Waals surface area contributed by atoms with Crippen molar-refractivity contribution in [1.29, 1.82) is 0 Å². The number of rotatable bonds is 5. The Balaban J connectivity index is 3.92. The van der Waals surface area contributed by atoms with Crippen LogP contribution in [0.4, 0.5) is 0 Å². The number of carbonyl (C=O) groups is 2.